The Morgan fingerprint density at radius 3 is 2.45 bits per heavy atom. The number of aromatic nitrogens is 1. The number of carbonyl (C=O) groups excluding carboxylic acids is 1. The number of amides is 1. The van der Waals surface area contributed by atoms with Gasteiger partial charge in [-0.2, -0.15) is 0 Å². The van der Waals surface area contributed by atoms with Crippen molar-refractivity contribution in [2.45, 2.75) is 48.4 Å². The predicted molar refractivity (Wildman–Crippen MR) is 164 cm³/mol. The van der Waals surface area contributed by atoms with Gasteiger partial charge in [-0.3, -0.25) is 9.69 Å². The van der Waals surface area contributed by atoms with Crippen molar-refractivity contribution < 1.29 is 32.5 Å². The highest BCUT2D eigenvalue weighted by atomic mass is 35.5. The molecule has 6 rings (SSSR count). The van der Waals surface area contributed by atoms with Gasteiger partial charge in [0.1, 0.15) is 21.9 Å². The smallest absolute Gasteiger partial charge is 0.270 e. The molecule has 3 atom stereocenters. The standard InChI is InChI=1S/C31H35ClN4O7S/c1-41-21-11-13-27(26(19-21)42-2)44(39,40)36-24-12-10-20(32)18-23(24)31(30(36)38,22-8-6-14-33-28(22)43-3)35-17-7-9-25(35)29(37)34-15-4-5-16-34/h6,8,10-14,18-19,25,30,38H,4-5,7,9,15-17H2,1-3H3/t25-,30?,31?/m0/s1. The molecule has 0 bridgehead atoms. The van der Waals surface area contributed by atoms with Crippen LogP contribution in [0.1, 0.15) is 36.8 Å². The molecule has 0 saturated carbocycles. The number of nitrogens with zero attached hydrogens (tertiary/aromatic N) is 4. The summed E-state index contributed by atoms with van der Waals surface area (Å²) >= 11 is 6.60. The summed E-state index contributed by atoms with van der Waals surface area (Å²) in [4.78, 5) is 22.1. The van der Waals surface area contributed by atoms with Crippen molar-refractivity contribution >= 4 is 33.2 Å². The first-order valence-corrected chi connectivity index (χ1v) is 16.3. The average Bonchev–Trinajstić information content (AvgIpc) is 3.80. The number of fused-ring (bicyclic) bond motifs is 1. The van der Waals surface area contributed by atoms with Crippen LogP contribution in [0, 0.1) is 0 Å². The van der Waals surface area contributed by atoms with Crippen LogP contribution < -0.4 is 18.5 Å². The topological polar surface area (TPSA) is 122 Å². The Hall–Kier alpha value is -3.58. The van der Waals surface area contributed by atoms with E-state index in [1.54, 1.807) is 36.5 Å². The maximum absolute atomic E-state index is 14.7. The van der Waals surface area contributed by atoms with Crippen LogP contribution in [-0.2, 0) is 20.4 Å². The monoisotopic (exact) mass is 642 g/mol. The molecule has 234 valence electrons. The van der Waals surface area contributed by atoms with Crippen LogP contribution in [0.25, 0.3) is 0 Å². The fraction of sp³-hybridized carbons (Fsp3) is 0.419. The number of aliphatic hydroxyl groups excluding tert-OH is 1. The maximum Gasteiger partial charge on any atom is 0.270 e. The van der Waals surface area contributed by atoms with Crippen LogP contribution in [0.5, 0.6) is 17.4 Å². The normalized spacial score (nSPS) is 23.6. The number of halogens is 1. The molecule has 1 N–H and O–H groups in total. The molecule has 3 aliphatic rings. The third-order valence-electron chi connectivity index (χ3n) is 8.89. The number of aliphatic hydroxyl groups is 1. The molecule has 1 amide bonds. The van der Waals surface area contributed by atoms with Gasteiger partial charge in [0.25, 0.3) is 10.0 Å². The van der Waals surface area contributed by atoms with Gasteiger partial charge in [-0.25, -0.2) is 17.7 Å². The van der Waals surface area contributed by atoms with Crippen molar-refractivity contribution in [3.63, 3.8) is 0 Å². The lowest BCUT2D eigenvalue weighted by molar-refractivity contribution is -0.138. The van der Waals surface area contributed by atoms with Crippen LogP contribution in [-0.4, -0.2) is 87.4 Å². The Morgan fingerprint density at radius 1 is 0.977 bits per heavy atom. The van der Waals surface area contributed by atoms with E-state index in [0.717, 1.165) is 17.1 Å². The second kappa shape index (κ2) is 11.7. The molecular weight excluding hydrogens is 608 g/mol. The highest BCUT2D eigenvalue weighted by molar-refractivity contribution is 7.93. The number of sulfonamides is 1. The lowest BCUT2D eigenvalue weighted by atomic mass is 9.81. The first-order chi connectivity index (χ1) is 21.2. The molecule has 3 aromatic rings. The van der Waals surface area contributed by atoms with Gasteiger partial charge >= 0.3 is 0 Å². The van der Waals surface area contributed by atoms with Crippen LogP contribution in [0.2, 0.25) is 5.02 Å². The summed E-state index contributed by atoms with van der Waals surface area (Å²) in [5.74, 6) is 0.602. The second-order valence-corrected chi connectivity index (χ2v) is 13.3. The molecular formula is C31H35ClN4O7S. The van der Waals surface area contributed by atoms with Crippen molar-refractivity contribution in [2.24, 2.45) is 0 Å². The number of carbonyl (C=O) groups is 1. The average molecular weight is 643 g/mol. The zero-order valence-corrected chi connectivity index (χ0v) is 26.3. The molecule has 11 nitrogen and oxygen atoms in total. The third-order valence-corrected chi connectivity index (χ3v) is 10.9. The molecule has 0 radical (unpaired) electrons. The number of anilines is 1. The van der Waals surface area contributed by atoms with Gasteiger partial charge < -0.3 is 24.2 Å². The van der Waals surface area contributed by atoms with Gasteiger partial charge in [0, 0.05) is 48.0 Å². The molecule has 3 aliphatic heterocycles. The van der Waals surface area contributed by atoms with Crippen LogP contribution in [0.15, 0.2) is 59.6 Å². The molecule has 13 heteroatoms. The van der Waals surface area contributed by atoms with Gasteiger partial charge in [0.15, 0.2) is 6.23 Å². The van der Waals surface area contributed by atoms with Gasteiger partial charge in [0.05, 0.1) is 33.1 Å². The summed E-state index contributed by atoms with van der Waals surface area (Å²) in [7, 11) is -0.184. The Morgan fingerprint density at radius 2 is 1.75 bits per heavy atom. The summed E-state index contributed by atoms with van der Waals surface area (Å²) in [6.07, 6.45) is 2.87. The zero-order valence-electron chi connectivity index (χ0n) is 24.8. The minimum absolute atomic E-state index is 0.0452. The van der Waals surface area contributed by atoms with Crippen molar-refractivity contribution in [1.29, 1.82) is 0 Å². The molecule has 2 saturated heterocycles. The van der Waals surface area contributed by atoms with E-state index < -0.39 is 27.8 Å². The second-order valence-electron chi connectivity index (χ2n) is 11.1. The number of pyridine rings is 1. The molecule has 1 aromatic heterocycles. The van der Waals surface area contributed by atoms with E-state index in [1.807, 2.05) is 9.80 Å². The predicted octanol–water partition coefficient (Wildman–Crippen LogP) is 3.62. The third kappa shape index (κ3) is 4.58. The van der Waals surface area contributed by atoms with Crippen LogP contribution in [0.4, 0.5) is 5.69 Å². The lowest BCUT2D eigenvalue weighted by Gasteiger charge is -2.46. The number of rotatable bonds is 8. The van der Waals surface area contributed by atoms with E-state index in [-0.39, 0.29) is 28.1 Å². The Bertz CT molecular complexity index is 1680. The SMILES string of the molecule is COc1ccc(S(=O)(=O)N2c3ccc(Cl)cc3C(c3cccnc3OC)(N3CCC[C@H]3C(=O)N3CCCC3)C2O)c(OC)c1. The zero-order chi connectivity index (χ0) is 31.2. The molecule has 2 fully saturated rings. The Labute approximate surface area is 261 Å². The van der Waals surface area contributed by atoms with E-state index in [1.165, 1.54) is 39.5 Å². The summed E-state index contributed by atoms with van der Waals surface area (Å²) in [6, 6.07) is 12.0. The summed E-state index contributed by atoms with van der Waals surface area (Å²) in [6.45, 7) is 1.73. The number of methoxy groups -OCH3 is 3. The fourth-order valence-corrected chi connectivity index (χ4v) is 8.83. The van der Waals surface area contributed by atoms with E-state index in [9.17, 15) is 18.3 Å². The van der Waals surface area contributed by atoms with Gasteiger partial charge in [-0.05, 0) is 68.1 Å². The number of hydrogen-bond donors (Lipinski definition) is 1. The van der Waals surface area contributed by atoms with Crippen LogP contribution >= 0.6 is 11.6 Å². The van der Waals surface area contributed by atoms with Gasteiger partial charge in [-0.15, -0.1) is 0 Å². The van der Waals surface area contributed by atoms with Crippen molar-refractivity contribution in [3.05, 3.63) is 70.9 Å². The molecule has 4 heterocycles. The highest BCUT2D eigenvalue weighted by Crippen LogP contribution is 2.57. The lowest BCUT2D eigenvalue weighted by Crippen LogP contribution is -2.61. The summed E-state index contributed by atoms with van der Waals surface area (Å²) in [5, 5.41) is 13.0. The minimum atomic E-state index is -4.49. The summed E-state index contributed by atoms with van der Waals surface area (Å²) in [5.41, 5.74) is -0.562. The molecule has 2 unspecified atom stereocenters. The molecule has 0 spiro atoms. The summed E-state index contributed by atoms with van der Waals surface area (Å²) < 4.78 is 46.8. The van der Waals surface area contributed by atoms with Gasteiger partial charge in [0.2, 0.25) is 11.8 Å². The van der Waals surface area contributed by atoms with E-state index in [2.05, 4.69) is 4.98 Å². The Kier molecular flexibility index (Phi) is 8.12. The number of likely N-dealkylation sites (tertiary alicyclic amines) is 2. The van der Waals surface area contributed by atoms with Crippen LogP contribution in [0.3, 0.4) is 0 Å². The van der Waals surface area contributed by atoms with E-state index in [0.29, 0.717) is 54.4 Å². The minimum Gasteiger partial charge on any atom is -0.497 e. The Balaban J connectivity index is 1.62. The first-order valence-electron chi connectivity index (χ1n) is 14.5. The number of benzene rings is 2. The highest BCUT2D eigenvalue weighted by Gasteiger charge is 2.63. The molecule has 44 heavy (non-hydrogen) atoms. The number of hydrogen-bond acceptors (Lipinski definition) is 9. The molecule has 0 aliphatic carbocycles. The quantitative estimate of drug-likeness (QED) is 0.393. The fourth-order valence-electron chi connectivity index (χ4n) is 6.98. The van der Waals surface area contributed by atoms with E-state index >= 15 is 0 Å². The largest absolute Gasteiger partial charge is 0.497 e. The molecule has 2 aromatic carbocycles. The van der Waals surface area contributed by atoms with Crippen molar-refractivity contribution in [2.75, 3.05) is 45.3 Å². The van der Waals surface area contributed by atoms with Gasteiger partial charge in [-0.1, -0.05) is 11.6 Å². The van der Waals surface area contributed by atoms with E-state index in [4.69, 9.17) is 25.8 Å². The maximum atomic E-state index is 14.7. The van der Waals surface area contributed by atoms with Crippen molar-refractivity contribution in [1.82, 2.24) is 14.8 Å². The van der Waals surface area contributed by atoms with Crippen molar-refractivity contribution in [3.8, 4) is 17.4 Å². The first kappa shape index (κ1) is 30.4. The number of ether oxygens (including phenoxy) is 3.